The molecule has 158 valence electrons. The number of rotatable bonds is 4. The highest BCUT2D eigenvalue weighted by Gasteiger charge is 2.38. The van der Waals surface area contributed by atoms with E-state index in [9.17, 15) is 0 Å². The van der Waals surface area contributed by atoms with Crippen LogP contribution in [0.5, 0.6) is 0 Å². The van der Waals surface area contributed by atoms with Gasteiger partial charge in [0, 0.05) is 25.2 Å². The highest BCUT2D eigenvalue weighted by atomic mass is 35.5. The van der Waals surface area contributed by atoms with Gasteiger partial charge in [-0.25, -0.2) is 5.01 Å². The molecule has 2 radical (unpaired) electrons. The van der Waals surface area contributed by atoms with Crippen LogP contribution in [0.1, 0.15) is 37.3 Å². The zero-order valence-corrected chi connectivity index (χ0v) is 18.9. The molecular weight excluding hydrogens is 425 g/mol. The summed E-state index contributed by atoms with van der Waals surface area (Å²) < 4.78 is 0. The number of hydrogen-bond donors (Lipinski definition) is 2. The molecule has 3 N–H and O–H groups in total. The normalized spacial score (nSPS) is 25.5. The molecular formula is C23H25BClN5S. The third kappa shape index (κ3) is 4.19. The first kappa shape index (κ1) is 20.8. The first-order chi connectivity index (χ1) is 15.0. The highest BCUT2D eigenvalue weighted by Crippen LogP contribution is 2.40. The van der Waals surface area contributed by atoms with Crippen molar-refractivity contribution in [2.75, 3.05) is 23.8 Å². The molecule has 0 aromatic heterocycles. The van der Waals surface area contributed by atoms with Crippen LogP contribution in [0.15, 0.2) is 47.6 Å². The lowest BCUT2D eigenvalue weighted by atomic mass is 9.92. The molecule has 0 spiro atoms. The molecule has 5 rings (SSSR count). The summed E-state index contributed by atoms with van der Waals surface area (Å²) in [5.74, 6) is 1.60. The summed E-state index contributed by atoms with van der Waals surface area (Å²) in [7, 11) is 5.90. The first-order valence-electron chi connectivity index (χ1n) is 10.8. The van der Waals surface area contributed by atoms with Crippen LogP contribution >= 0.6 is 23.8 Å². The Bertz CT molecular complexity index is 1020. The summed E-state index contributed by atoms with van der Waals surface area (Å²) in [6.45, 7) is 2.12. The molecule has 2 aromatic carbocycles. The number of nitrogens with one attached hydrogen (secondary N) is 1. The van der Waals surface area contributed by atoms with Crippen molar-refractivity contribution in [2.45, 2.75) is 31.7 Å². The molecule has 1 saturated carbocycles. The van der Waals surface area contributed by atoms with Crippen molar-refractivity contribution in [3.63, 3.8) is 0 Å². The van der Waals surface area contributed by atoms with Gasteiger partial charge in [-0.15, -0.1) is 0 Å². The number of hydrazine groups is 1. The highest BCUT2D eigenvalue weighted by molar-refractivity contribution is 7.82. The summed E-state index contributed by atoms with van der Waals surface area (Å²) in [4.78, 5) is 0.689. The van der Waals surface area contributed by atoms with Crippen LogP contribution in [0.25, 0.3) is 0 Å². The topological polar surface area (TPSA) is 56.9 Å². The number of thiocarbonyl (C=S) groups is 1. The summed E-state index contributed by atoms with van der Waals surface area (Å²) in [5, 5.41) is 9.70. The van der Waals surface area contributed by atoms with Gasteiger partial charge in [0.25, 0.3) is 0 Å². The van der Waals surface area contributed by atoms with E-state index in [2.05, 4.69) is 10.4 Å². The fraction of sp³-hybridized carbons (Fsp3) is 0.391. The maximum atomic E-state index is 6.54. The maximum absolute atomic E-state index is 6.54. The van der Waals surface area contributed by atoms with E-state index >= 15 is 0 Å². The molecule has 5 nitrogen and oxygen atoms in total. The van der Waals surface area contributed by atoms with Gasteiger partial charge in [-0.2, -0.15) is 5.10 Å². The average molecular weight is 450 g/mol. The third-order valence-corrected chi connectivity index (χ3v) is 7.33. The lowest BCUT2D eigenvalue weighted by molar-refractivity contribution is 0.274. The lowest BCUT2D eigenvalue weighted by Crippen LogP contribution is -2.43. The van der Waals surface area contributed by atoms with Crippen molar-refractivity contribution in [1.29, 1.82) is 0 Å². The molecule has 8 heteroatoms. The van der Waals surface area contributed by atoms with Gasteiger partial charge in [-0.3, -0.25) is 5.01 Å². The molecule has 0 bridgehead atoms. The summed E-state index contributed by atoms with van der Waals surface area (Å²) in [5.41, 5.74) is 13.5. The zero-order chi connectivity index (χ0) is 21.5. The Balaban J connectivity index is 1.39. The largest absolute Gasteiger partial charge is 0.399 e. The van der Waals surface area contributed by atoms with Gasteiger partial charge in [-0.05, 0) is 48.4 Å². The molecule has 2 aliphatic heterocycles. The quantitative estimate of drug-likeness (QED) is 0.424. The number of hydrogen-bond acceptors (Lipinski definition) is 5. The first-order valence-corrected chi connectivity index (χ1v) is 11.6. The number of nitrogens with zero attached hydrogens (tertiary/aromatic N) is 3. The van der Waals surface area contributed by atoms with E-state index in [0.717, 1.165) is 47.4 Å². The number of anilines is 2. The Hall–Kier alpha value is -2.09. The van der Waals surface area contributed by atoms with Crippen molar-refractivity contribution in [3.05, 3.63) is 53.1 Å². The number of halogens is 1. The van der Waals surface area contributed by atoms with Gasteiger partial charge in [0.1, 0.15) is 12.8 Å². The Morgan fingerprint density at radius 2 is 1.84 bits per heavy atom. The minimum Gasteiger partial charge on any atom is -0.399 e. The summed E-state index contributed by atoms with van der Waals surface area (Å²) >= 11 is 12.3. The van der Waals surface area contributed by atoms with E-state index < -0.39 is 0 Å². The fourth-order valence-corrected chi connectivity index (χ4v) is 5.62. The minimum absolute atomic E-state index is 0.0190. The second-order valence-corrected chi connectivity index (χ2v) is 9.60. The SMILES string of the molecule is [B]c1ccc(C2CC(C(=S)NN3CC4CCCC4C3)=NN2c2ccc(N)cc2Cl)cc1. The van der Waals surface area contributed by atoms with Crippen LogP contribution in [-0.4, -0.2) is 36.6 Å². The molecule has 1 saturated heterocycles. The lowest BCUT2D eigenvalue weighted by Gasteiger charge is -2.25. The number of fused-ring (bicyclic) bond motifs is 1. The van der Waals surface area contributed by atoms with Crippen molar-refractivity contribution < 1.29 is 0 Å². The van der Waals surface area contributed by atoms with E-state index in [0.29, 0.717) is 22.1 Å². The van der Waals surface area contributed by atoms with Gasteiger partial charge < -0.3 is 11.2 Å². The van der Waals surface area contributed by atoms with Crippen molar-refractivity contribution >= 4 is 59.2 Å². The van der Waals surface area contributed by atoms with Crippen LogP contribution < -0.4 is 21.6 Å². The number of benzene rings is 2. The van der Waals surface area contributed by atoms with Crippen molar-refractivity contribution in [2.24, 2.45) is 16.9 Å². The van der Waals surface area contributed by atoms with Crippen molar-refractivity contribution in [1.82, 2.24) is 10.4 Å². The average Bonchev–Trinajstić information content (AvgIpc) is 3.43. The standard InChI is InChI=1S/C23H25BClN5S/c24-17-6-4-14(5-7-17)22-11-20(27-30(22)21-9-8-18(26)10-19(21)25)23(31)28-29-12-15-2-1-3-16(15)13-29/h4-10,15-16,22H,1-3,11-13,26H2,(H,28,31). The second-order valence-electron chi connectivity index (χ2n) is 8.79. The molecule has 2 aromatic rings. The number of hydrazone groups is 1. The Kier molecular flexibility index (Phi) is 5.67. The van der Waals surface area contributed by atoms with Gasteiger partial charge >= 0.3 is 0 Å². The van der Waals surface area contributed by atoms with Crippen LogP contribution in [0, 0.1) is 11.8 Å². The van der Waals surface area contributed by atoms with E-state index in [-0.39, 0.29) is 6.04 Å². The minimum atomic E-state index is -0.0190. The summed E-state index contributed by atoms with van der Waals surface area (Å²) in [6, 6.07) is 13.4. The predicted molar refractivity (Wildman–Crippen MR) is 133 cm³/mol. The predicted octanol–water partition coefficient (Wildman–Crippen LogP) is 3.59. The fourth-order valence-electron chi connectivity index (χ4n) is 5.09. The van der Waals surface area contributed by atoms with E-state index in [1.165, 1.54) is 19.3 Å². The molecule has 3 atom stereocenters. The molecule has 3 aliphatic rings. The van der Waals surface area contributed by atoms with Crippen molar-refractivity contribution in [3.8, 4) is 0 Å². The smallest absolute Gasteiger partial charge is 0.137 e. The van der Waals surface area contributed by atoms with Crippen LogP contribution in [0.3, 0.4) is 0 Å². The molecule has 2 heterocycles. The van der Waals surface area contributed by atoms with Crippen LogP contribution in [0.2, 0.25) is 5.02 Å². The molecule has 2 fully saturated rings. The van der Waals surface area contributed by atoms with Crippen LogP contribution in [-0.2, 0) is 0 Å². The van der Waals surface area contributed by atoms with Gasteiger partial charge in [0.05, 0.1) is 22.5 Å². The maximum Gasteiger partial charge on any atom is 0.137 e. The van der Waals surface area contributed by atoms with E-state index in [1.54, 1.807) is 6.07 Å². The van der Waals surface area contributed by atoms with Gasteiger partial charge in [-0.1, -0.05) is 60.0 Å². The zero-order valence-electron chi connectivity index (χ0n) is 17.3. The van der Waals surface area contributed by atoms with E-state index in [4.69, 9.17) is 42.5 Å². The molecule has 1 aliphatic carbocycles. The third-order valence-electron chi connectivity index (χ3n) is 6.70. The van der Waals surface area contributed by atoms with E-state index in [1.807, 2.05) is 41.4 Å². The van der Waals surface area contributed by atoms with Gasteiger partial charge in [0.15, 0.2) is 0 Å². The van der Waals surface area contributed by atoms with Gasteiger partial charge in [0.2, 0.25) is 0 Å². The number of nitrogens with two attached hydrogens (primary N) is 1. The monoisotopic (exact) mass is 449 g/mol. The molecule has 31 heavy (non-hydrogen) atoms. The Morgan fingerprint density at radius 1 is 1.13 bits per heavy atom. The Labute approximate surface area is 195 Å². The van der Waals surface area contributed by atoms with Crippen LogP contribution in [0.4, 0.5) is 11.4 Å². The Morgan fingerprint density at radius 3 is 2.52 bits per heavy atom. The summed E-state index contributed by atoms with van der Waals surface area (Å²) in [6.07, 6.45) is 4.72. The molecule has 3 unspecified atom stereocenters. The molecule has 0 amide bonds. The second kappa shape index (κ2) is 8.45. The number of nitrogen functional groups attached to an aromatic ring is 1.